The van der Waals surface area contributed by atoms with Gasteiger partial charge in [0.15, 0.2) is 6.61 Å². The number of nitrogens with one attached hydrogen (secondary N) is 1. The van der Waals surface area contributed by atoms with Crippen molar-refractivity contribution < 1.29 is 28.2 Å². The first-order valence-electron chi connectivity index (χ1n) is 10.9. The first kappa shape index (κ1) is 26.7. The summed E-state index contributed by atoms with van der Waals surface area (Å²) in [5.41, 5.74) is 1.32. The number of ether oxygens (including phenoxy) is 1. The zero-order chi connectivity index (χ0) is 25.6. The average Bonchev–Trinajstić information content (AvgIpc) is 2.81. The number of carboxylic acid groups (broad SMARTS) is 1. The minimum absolute atomic E-state index is 0.0879. The molecule has 0 aliphatic rings. The highest BCUT2D eigenvalue weighted by Gasteiger charge is 2.22. The Hall–Kier alpha value is -2.91. The van der Waals surface area contributed by atoms with Crippen LogP contribution in [0.15, 0.2) is 82.6 Å². The molecule has 3 aromatic carbocycles. The van der Waals surface area contributed by atoms with E-state index in [1.54, 1.807) is 42.5 Å². The van der Waals surface area contributed by atoms with Gasteiger partial charge in [-0.25, -0.2) is 13.2 Å². The third-order valence-corrected chi connectivity index (χ3v) is 7.40. The fourth-order valence-corrected chi connectivity index (χ4v) is 5.02. The van der Waals surface area contributed by atoms with E-state index in [0.29, 0.717) is 18.0 Å². The number of sulfone groups is 1. The molecule has 0 unspecified atom stereocenters. The second-order valence-corrected chi connectivity index (χ2v) is 11.2. The summed E-state index contributed by atoms with van der Waals surface area (Å²) < 4.78 is 31.0. The van der Waals surface area contributed by atoms with E-state index in [-0.39, 0.29) is 21.1 Å². The van der Waals surface area contributed by atoms with Gasteiger partial charge < -0.3 is 20.3 Å². The van der Waals surface area contributed by atoms with Crippen LogP contribution in [0, 0.1) is 0 Å². The zero-order valence-electron chi connectivity index (χ0n) is 19.4. The number of hydrogen-bond acceptors (Lipinski definition) is 6. The lowest BCUT2D eigenvalue weighted by atomic mass is 9.94. The molecule has 0 aliphatic heterocycles. The first-order valence-corrected chi connectivity index (χ1v) is 12.8. The van der Waals surface area contributed by atoms with Crippen LogP contribution in [-0.2, 0) is 21.1 Å². The highest BCUT2D eigenvalue weighted by molar-refractivity contribution is 7.91. The highest BCUT2D eigenvalue weighted by Crippen LogP contribution is 2.25. The van der Waals surface area contributed by atoms with Crippen LogP contribution < -0.4 is 10.1 Å². The second-order valence-electron chi connectivity index (χ2n) is 8.81. The van der Waals surface area contributed by atoms with Gasteiger partial charge in [-0.1, -0.05) is 35.9 Å². The molecule has 0 aliphatic carbocycles. The van der Waals surface area contributed by atoms with Crippen molar-refractivity contribution >= 4 is 27.4 Å². The van der Waals surface area contributed by atoms with Crippen molar-refractivity contribution in [3.05, 3.63) is 88.9 Å². The number of aliphatic hydroxyl groups is 1. The number of hydrogen-bond donors (Lipinski definition) is 3. The monoisotopic (exact) mass is 517 g/mol. The van der Waals surface area contributed by atoms with E-state index in [9.17, 15) is 18.3 Å². The molecule has 35 heavy (non-hydrogen) atoms. The van der Waals surface area contributed by atoms with E-state index in [2.05, 4.69) is 5.32 Å². The average molecular weight is 518 g/mol. The van der Waals surface area contributed by atoms with Crippen molar-refractivity contribution in [2.24, 2.45) is 0 Å². The van der Waals surface area contributed by atoms with Crippen molar-refractivity contribution in [1.82, 2.24) is 5.32 Å². The Morgan fingerprint density at radius 3 is 2.20 bits per heavy atom. The van der Waals surface area contributed by atoms with Crippen molar-refractivity contribution in [1.29, 1.82) is 0 Å². The van der Waals surface area contributed by atoms with Crippen molar-refractivity contribution in [3.8, 4) is 5.75 Å². The molecule has 0 spiro atoms. The summed E-state index contributed by atoms with van der Waals surface area (Å²) in [5, 5.41) is 23.1. The second kappa shape index (κ2) is 11.2. The Morgan fingerprint density at radius 2 is 1.63 bits per heavy atom. The molecule has 9 heteroatoms. The smallest absolute Gasteiger partial charge is 0.341 e. The standard InChI is InChI=1S/C26H28ClNO6S/c1-26(2,28-16-24(29)19-4-3-5-20(27)14-19)15-18-6-10-22(11-7-18)35(32,33)23-12-8-21(9-13-23)34-17-25(30)31/h3-14,24,28-29H,15-17H2,1-2H3,(H,30,31)/t24-/m0/s1. The summed E-state index contributed by atoms with van der Waals surface area (Å²) in [6.45, 7) is 3.86. The molecular formula is C26H28ClNO6S. The van der Waals surface area contributed by atoms with Gasteiger partial charge in [0.2, 0.25) is 9.84 Å². The maximum atomic E-state index is 13.0. The van der Waals surface area contributed by atoms with E-state index in [0.717, 1.165) is 11.1 Å². The first-order chi connectivity index (χ1) is 16.5. The van der Waals surface area contributed by atoms with Crippen LogP contribution in [0.25, 0.3) is 0 Å². The Labute approximate surface area is 210 Å². The number of rotatable bonds is 11. The summed E-state index contributed by atoms with van der Waals surface area (Å²) >= 11 is 6.00. The minimum atomic E-state index is -3.73. The van der Waals surface area contributed by atoms with Gasteiger partial charge in [0, 0.05) is 17.1 Å². The van der Waals surface area contributed by atoms with Crippen LogP contribution in [0.4, 0.5) is 0 Å². The number of carbonyl (C=O) groups is 1. The van der Waals surface area contributed by atoms with Gasteiger partial charge in [0.05, 0.1) is 15.9 Å². The fraction of sp³-hybridized carbons (Fsp3) is 0.269. The van der Waals surface area contributed by atoms with Crippen LogP contribution >= 0.6 is 11.6 Å². The third-order valence-electron chi connectivity index (χ3n) is 5.38. The Bertz CT molecular complexity index is 1260. The summed E-state index contributed by atoms with van der Waals surface area (Å²) in [5.74, 6) is -0.839. The lowest BCUT2D eigenvalue weighted by Crippen LogP contribution is -2.43. The van der Waals surface area contributed by atoms with E-state index in [1.807, 2.05) is 19.9 Å². The maximum Gasteiger partial charge on any atom is 0.341 e. The molecular weight excluding hydrogens is 490 g/mol. The Balaban J connectivity index is 1.62. The van der Waals surface area contributed by atoms with Crippen LogP contribution in [-0.4, -0.2) is 43.3 Å². The summed E-state index contributed by atoms with van der Waals surface area (Å²) in [7, 11) is -3.73. The number of carboxylic acids is 1. The van der Waals surface area contributed by atoms with Gasteiger partial charge in [-0.3, -0.25) is 0 Å². The van der Waals surface area contributed by atoms with Crippen molar-refractivity contribution in [3.63, 3.8) is 0 Å². The van der Waals surface area contributed by atoms with Gasteiger partial charge in [-0.15, -0.1) is 0 Å². The predicted molar refractivity (Wildman–Crippen MR) is 134 cm³/mol. The highest BCUT2D eigenvalue weighted by atomic mass is 35.5. The molecule has 3 aromatic rings. The van der Waals surface area contributed by atoms with Gasteiger partial charge in [-0.2, -0.15) is 0 Å². The molecule has 3 rings (SSSR count). The molecule has 0 aromatic heterocycles. The molecule has 186 valence electrons. The summed E-state index contributed by atoms with van der Waals surface area (Å²) in [6, 6.07) is 19.4. The number of β-amino-alcohol motifs (C(OH)–C–C–N with tert-alkyl or cyclic N) is 1. The predicted octanol–water partition coefficient (Wildman–Crippen LogP) is 4.28. The molecule has 0 heterocycles. The number of aliphatic carboxylic acids is 1. The van der Waals surface area contributed by atoms with Gasteiger partial charge in [0.25, 0.3) is 0 Å². The van der Waals surface area contributed by atoms with Crippen LogP contribution in [0.3, 0.4) is 0 Å². The SMILES string of the molecule is CC(C)(Cc1ccc(S(=O)(=O)c2ccc(OCC(=O)O)cc2)cc1)NC[C@H](O)c1cccc(Cl)c1. The lowest BCUT2D eigenvalue weighted by Gasteiger charge is -2.28. The molecule has 0 saturated heterocycles. The van der Waals surface area contributed by atoms with Crippen LogP contribution in [0.2, 0.25) is 5.02 Å². The Kier molecular flexibility index (Phi) is 8.56. The third kappa shape index (κ3) is 7.53. The van der Waals surface area contributed by atoms with Gasteiger partial charge in [-0.05, 0) is 79.9 Å². The summed E-state index contributed by atoms with van der Waals surface area (Å²) in [6.07, 6.45) is -0.0908. The van der Waals surface area contributed by atoms with Crippen molar-refractivity contribution in [2.75, 3.05) is 13.2 Å². The lowest BCUT2D eigenvalue weighted by molar-refractivity contribution is -0.139. The number of halogens is 1. The summed E-state index contributed by atoms with van der Waals surface area (Å²) in [4.78, 5) is 10.8. The van der Waals surface area contributed by atoms with E-state index in [4.69, 9.17) is 21.4 Å². The van der Waals surface area contributed by atoms with Crippen LogP contribution in [0.1, 0.15) is 31.1 Å². The van der Waals surface area contributed by atoms with Crippen molar-refractivity contribution in [2.45, 2.75) is 41.7 Å². The molecule has 0 saturated carbocycles. The minimum Gasteiger partial charge on any atom is -0.482 e. The molecule has 3 N–H and O–H groups in total. The van der Waals surface area contributed by atoms with Gasteiger partial charge in [0.1, 0.15) is 5.75 Å². The molecule has 0 amide bonds. The molecule has 0 radical (unpaired) electrons. The molecule has 0 bridgehead atoms. The quantitative estimate of drug-likeness (QED) is 0.348. The molecule has 7 nitrogen and oxygen atoms in total. The topological polar surface area (TPSA) is 113 Å². The van der Waals surface area contributed by atoms with E-state index < -0.39 is 28.5 Å². The van der Waals surface area contributed by atoms with E-state index >= 15 is 0 Å². The fourth-order valence-electron chi connectivity index (χ4n) is 3.56. The normalized spacial score (nSPS) is 12.8. The molecule has 0 fully saturated rings. The number of aliphatic hydroxyl groups excluding tert-OH is 1. The molecule has 1 atom stereocenters. The maximum absolute atomic E-state index is 13.0. The van der Waals surface area contributed by atoms with Gasteiger partial charge >= 0.3 is 5.97 Å². The number of benzene rings is 3. The zero-order valence-corrected chi connectivity index (χ0v) is 21.0. The van der Waals surface area contributed by atoms with E-state index in [1.165, 1.54) is 24.3 Å². The van der Waals surface area contributed by atoms with Crippen LogP contribution in [0.5, 0.6) is 5.75 Å². The largest absolute Gasteiger partial charge is 0.482 e. The Morgan fingerprint density at radius 1 is 1.03 bits per heavy atom.